The number of anilines is 1. The van der Waals surface area contributed by atoms with Crippen LogP contribution in [0.1, 0.15) is 20.8 Å². The number of hydrogen-bond donors (Lipinski definition) is 1. The minimum Gasteiger partial charge on any atom is -0.495 e. The van der Waals surface area contributed by atoms with E-state index in [9.17, 15) is 4.79 Å². The summed E-state index contributed by atoms with van der Waals surface area (Å²) in [6.45, 7) is 3.98. The summed E-state index contributed by atoms with van der Waals surface area (Å²) in [5.74, 6) is 0.398. The van der Waals surface area contributed by atoms with E-state index in [-0.39, 0.29) is 5.91 Å². The van der Waals surface area contributed by atoms with E-state index < -0.39 is 0 Å². The lowest BCUT2D eigenvalue weighted by Gasteiger charge is -2.10. The first-order valence-electron chi connectivity index (χ1n) is 7.14. The van der Waals surface area contributed by atoms with Gasteiger partial charge in [0.25, 0.3) is 5.91 Å². The van der Waals surface area contributed by atoms with Crippen LogP contribution in [0.25, 0.3) is 10.1 Å². The van der Waals surface area contributed by atoms with Crippen LogP contribution in [0, 0.1) is 13.8 Å². The van der Waals surface area contributed by atoms with Crippen molar-refractivity contribution in [1.82, 2.24) is 0 Å². The number of ether oxygens (including phenoxy) is 1. The molecule has 0 fully saturated rings. The van der Waals surface area contributed by atoms with Crippen molar-refractivity contribution in [1.29, 1.82) is 0 Å². The number of nitrogens with one attached hydrogen (secondary N) is 1. The molecule has 5 heteroatoms. The van der Waals surface area contributed by atoms with Gasteiger partial charge in [-0.3, -0.25) is 4.79 Å². The van der Waals surface area contributed by atoms with Crippen LogP contribution in [0.5, 0.6) is 5.75 Å². The number of hydrogen-bond acceptors (Lipinski definition) is 3. The van der Waals surface area contributed by atoms with E-state index in [1.165, 1.54) is 11.3 Å². The van der Waals surface area contributed by atoms with Crippen LogP contribution in [0.2, 0.25) is 5.02 Å². The molecule has 0 aliphatic rings. The van der Waals surface area contributed by atoms with Gasteiger partial charge >= 0.3 is 0 Å². The number of thiophene rings is 1. The van der Waals surface area contributed by atoms with Crippen LogP contribution < -0.4 is 10.1 Å². The molecule has 118 valence electrons. The van der Waals surface area contributed by atoms with Crippen LogP contribution >= 0.6 is 22.9 Å². The molecule has 0 atom stereocenters. The van der Waals surface area contributed by atoms with E-state index in [0.717, 1.165) is 21.2 Å². The highest BCUT2D eigenvalue weighted by Crippen LogP contribution is 2.36. The molecule has 3 nitrogen and oxygen atoms in total. The van der Waals surface area contributed by atoms with Crippen LogP contribution in [0.4, 0.5) is 5.69 Å². The van der Waals surface area contributed by atoms with Gasteiger partial charge in [-0.05, 0) is 43.2 Å². The largest absolute Gasteiger partial charge is 0.495 e. The number of benzene rings is 2. The minimum atomic E-state index is -0.224. The predicted molar refractivity (Wildman–Crippen MR) is 97.3 cm³/mol. The van der Waals surface area contributed by atoms with Gasteiger partial charge in [0.15, 0.2) is 0 Å². The maximum Gasteiger partial charge on any atom is 0.267 e. The molecule has 3 rings (SSSR count). The summed E-state index contributed by atoms with van der Waals surface area (Å²) < 4.78 is 6.31. The highest BCUT2D eigenvalue weighted by molar-refractivity contribution is 7.21. The quantitative estimate of drug-likeness (QED) is 0.687. The number of amides is 1. The first kappa shape index (κ1) is 15.8. The molecule has 0 bridgehead atoms. The zero-order chi connectivity index (χ0) is 16.6. The molecular weight excluding hydrogens is 330 g/mol. The van der Waals surface area contributed by atoms with Crippen molar-refractivity contribution >= 4 is 44.6 Å². The van der Waals surface area contributed by atoms with Gasteiger partial charge in [0.2, 0.25) is 0 Å². The van der Waals surface area contributed by atoms with Crippen molar-refractivity contribution in [3.05, 3.63) is 57.4 Å². The molecule has 0 unspecified atom stereocenters. The maximum atomic E-state index is 12.6. The average molecular weight is 346 g/mol. The standard InChI is InChI=1S/C18H16ClNO2S/c1-10-5-7-14(22-3)13(8-10)20-18(21)17-16(19)12-6-4-11(2)9-15(12)23-17/h4-9H,1-3H3,(H,20,21). The fourth-order valence-electron chi connectivity index (χ4n) is 2.42. The van der Waals surface area contributed by atoms with E-state index in [2.05, 4.69) is 5.32 Å². The van der Waals surface area contributed by atoms with Crippen molar-refractivity contribution in [2.45, 2.75) is 13.8 Å². The molecule has 0 spiro atoms. The van der Waals surface area contributed by atoms with E-state index in [1.807, 2.05) is 50.2 Å². The SMILES string of the molecule is COc1ccc(C)cc1NC(=O)c1sc2cc(C)ccc2c1Cl. The normalized spacial score (nSPS) is 10.8. The summed E-state index contributed by atoms with van der Waals surface area (Å²) in [4.78, 5) is 13.1. The molecule has 1 heterocycles. The van der Waals surface area contributed by atoms with Crippen molar-refractivity contribution < 1.29 is 9.53 Å². The Morgan fingerprint density at radius 2 is 1.83 bits per heavy atom. The topological polar surface area (TPSA) is 38.3 Å². The lowest BCUT2D eigenvalue weighted by molar-refractivity contribution is 0.103. The highest BCUT2D eigenvalue weighted by Gasteiger charge is 2.18. The summed E-state index contributed by atoms with van der Waals surface area (Å²) in [7, 11) is 1.58. The molecule has 0 saturated carbocycles. The van der Waals surface area contributed by atoms with Gasteiger partial charge in [0.05, 0.1) is 17.8 Å². The lowest BCUT2D eigenvalue weighted by Crippen LogP contribution is -2.11. The van der Waals surface area contributed by atoms with E-state index >= 15 is 0 Å². The molecule has 2 aromatic carbocycles. The van der Waals surface area contributed by atoms with Crippen molar-refractivity contribution in [3.8, 4) is 5.75 Å². The van der Waals surface area contributed by atoms with Gasteiger partial charge < -0.3 is 10.1 Å². The Labute approximate surface area is 143 Å². The third-order valence-electron chi connectivity index (χ3n) is 3.59. The number of fused-ring (bicyclic) bond motifs is 1. The fraction of sp³-hybridized carbons (Fsp3) is 0.167. The fourth-order valence-corrected chi connectivity index (χ4v) is 3.93. The Hall–Kier alpha value is -2.04. The van der Waals surface area contributed by atoms with Crippen molar-refractivity contribution in [3.63, 3.8) is 0 Å². The molecule has 1 aromatic heterocycles. The zero-order valence-corrected chi connectivity index (χ0v) is 14.6. The van der Waals surface area contributed by atoms with Gasteiger partial charge in [-0.1, -0.05) is 29.8 Å². The Morgan fingerprint density at radius 1 is 1.13 bits per heavy atom. The molecule has 0 radical (unpaired) electrons. The number of halogens is 1. The molecule has 0 saturated heterocycles. The average Bonchev–Trinajstić information content (AvgIpc) is 2.84. The number of aryl methyl sites for hydroxylation is 2. The minimum absolute atomic E-state index is 0.224. The summed E-state index contributed by atoms with van der Waals surface area (Å²) in [5, 5.41) is 4.30. The predicted octanol–water partition coefficient (Wildman–Crippen LogP) is 5.43. The molecule has 0 aliphatic carbocycles. The van der Waals surface area contributed by atoms with Crippen molar-refractivity contribution in [2.75, 3.05) is 12.4 Å². The van der Waals surface area contributed by atoms with Crippen LogP contribution in [0.15, 0.2) is 36.4 Å². The first-order valence-corrected chi connectivity index (χ1v) is 8.33. The number of carbonyl (C=O) groups excluding carboxylic acids is 1. The molecule has 1 N–H and O–H groups in total. The van der Waals surface area contributed by atoms with Gasteiger partial charge in [-0.15, -0.1) is 11.3 Å². The third-order valence-corrected chi connectivity index (χ3v) is 5.25. The van der Waals surface area contributed by atoms with Gasteiger partial charge in [0, 0.05) is 10.1 Å². The lowest BCUT2D eigenvalue weighted by atomic mass is 10.2. The second-order valence-corrected chi connectivity index (χ2v) is 6.83. The van der Waals surface area contributed by atoms with Gasteiger partial charge in [-0.2, -0.15) is 0 Å². The summed E-state index contributed by atoms with van der Waals surface area (Å²) >= 11 is 7.79. The van der Waals surface area contributed by atoms with Gasteiger partial charge in [-0.25, -0.2) is 0 Å². The smallest absolute Gasteiger partial charge is 0.267 e. The summed E-state index contributed by atoms with van der Waals surface area (Å²) in [6.07, 6.45) is 0. The summed E-state index contributed by atoms with van der Waals surface area (Å²) in [6, 6.07) is 11.6. The molecular formula is C18H16ClNO2S. The number of rotatable bonds is 3. The highest BCUT2D eigenvalue weighted by atomic mass is 35.5. The summed E-state index contributed by atoms with van der Waals surface area (Å²) in [5.41, 5.74) is 2.82. The monoisotopic (exact) mass is 345 g/mol. The van der Waals surface area contributed by atoms with Crippen LogP contribution in [-0.4, -0.2) is 13.0 Å². The Kier molecular flexibility index (Phi) is 4.28. The number of carbonyl (C=O) groups is 1. The van der Waals surface area contributed by atoms with Crippen LogP contribution in [-0.2, 0) is 0 Å². The van der Waals surface area contributed by atoms with Gasteiger partial charge in [0.1, 0.15) is 10.6 Å². The molecule has 23 heavy (non-hydrogen) atoms. The Bertz CT molecular complexity index is 901. The van der Waals surface area contributed by atoms with E-state index in [1.54, 1.807) is 7.11 Å². The second-order valence-electron chi connectivity index (χ2n) is 5.40. The zero-order valence-electron chi connectivity index (χ0n) is 13.1. The van der Waals surface area contributed by atoms with E-state index in [4.69, 9.17) is 16.3 Å². The second kappa shape index (κ2) is 6.22. The molecule has 3 aromatic rings. The maximum absolute atomic E-state index is 12.6. The van der Waals surface area contributed by atoms with Crippen molar-refractivity contribution in [2.24, 2.45) is 0 Å². The first-order chi connectivity index (χ1) is 11.0. The number of methoxy groups -OCH3 is 1. The van der Waals surface area contributed by atoms with E-state index in [0.29, 0.717) is 21.3 Å². The van der Waals surface area contributed by atoms with Crippen LogP contribution in [0.3, 0.4) is 0 Å². The molecule has 1 amide bonds. The Morgan fingerprint density at radius 3 is 2.57 bits per heavy atom. The third kappa shape index (κ3) is 3.05. The molecule has 0 aliphatic heterocycles. The Balaban J connectivity index is 1.98.